The Morgan fingerprint density at radius 1 is 1.48 bits per heavy atom. The van der Waals surface area contributed by atoms with Gasteiger partial charge in [0.2, 0.25) is 15.9 Å². The number of carbonyl (C=O) groups excluding carboxylic acids is 1. The predicted molar refractivity (Wildman–Crippen MR) is 84.4 cm³/mol. The molecule has 0 unspecified atom stereocenters. The molecule has 0 aliphatic carbocycles. The number of benzene rings is 1. The lowest BCUT2D eigenvalue weighted by Gasteiger charge is -2.24. The summed E-state index contributed by atoms with van der Waals surface area (Å²) in [7, 11) is -4.21. The SMILES string of the molecule is CC[C@H](C)NC(=O)[C@H]1CSCN1S(=O)(=O)c1ccc(F)cc1F. The third kappa shape index (κ3) is 3.84. The number of nitrogens with one attached hydrogen (secondary N) is 1. The van der Waals surface area contributed by atoms with Crippen molar-refractivity contribution in [3.63, 3.8) is 0 Å². The average molecular weight is 364 g/mol. The van der Waals surface area contributed by atoms with E-state index in [2.05, 4.69) is 5.32 Å². The van der Waals surface area contributed by atoms with Crippen LogP contribution in [0, 0.1) is 11.6 Å². The van der Waals surface area contributed by atoms with Crippen LogP contribution in [0.1, 0.15) is 20.3 Å². The molecule has 1 amide bonds. The zero-order valence-corrected chi connectivity index (χ0v) is 14.4. The summed E-state index contributed by atoms with van der Waals surface area (Å²) in [6.45, 7) is 3.72. The van der Waals surface area contributed by atoms with E-state index in [4.69, 9.17) is 0 Å². The normalized spacial score (nSPS) is 20.4. The van der Waals surface area contributed by atoms with E-state index >= 15 is 0 Å². The second-order valence-electron chi connectivity index (χ2n) is 5.30. The molecule has 1 heterocycles. The highest BCUT2D eigenvalue weighted by Crippen LogP contribution is 2.29. The van der Waals surface area contributed by atoms with Gasteiger partial charge in [-0.25, -0.2) is 17.2 Å². The van der Waals surface area contributed by atoms with E-state index in [0.29, 0.717) is 18.2 Å². The topological polar surface area (TPSA) is 66.5 Å². The number of rotatable bonds is 5. The first-order chi connectivity index (χ1) is 10.8. The van der Waals surface area contributed by atoms with Gasteiger partial charge in [0, 0.05) is 17.9 Å². The quantitative estimate of drug-likeness (QED) is 0.867. The number of amides is 1. The molecule has 9 heteroatoms. The van der Waals surface area contributed by atoms with Gasteiger partial charge in [-0.05, 0) is 25.5 Å². The molecule has 5 nitrogen and oxygen atoms in total. The third-order valence-corrected chi connectivity index (χ3v) is 6.69. The summed E-state index contributed by atoms with van der Waals surface area (Å²) in [6, 6.07) is 1.30. The van der Waals surface area contributed by atoms with Crippen molar-refractivity contribution in [1.29, 1.82) is 0 Å². The Morgan fingerprint density at radius 3 is 2.78 bits per heavy atom. The molecule has 2 atom stereocenters. The molecule has 0 spiro atoms. The largest absolute Gasteiger partial charge is 0.352 e. The lowest BCUT2D eigenvalue weighted by molar-refractivity contribution is -0.124. The van der Waals surface area contributed by atoms with Crippen molar-refractivity contribution in [2.45, 2.75) is 37.2 Å². The molecule has 128 valence electrons. The molecule has 1 aromatic carbocycles. The summed E-state index contributed by atoms with van der Waals surface area (Å²) in [5.41, 5.74) is 0. The highest BCUT2D eigenvalue weighted by atomic mass is 32.2. The number of hydrogen-bond donors (Lipinski definition) is 1. The monoisotopic (exact) mass is 364 g/mol. The number of hydrogen-bond acceptors (Lipinski definition) is 4. The number of thioether (sulfide) groups is 1. The van der Waals surface area contributed by atoms with Crippen molar-refractivity contribution >= 4 is 27.7 Å². The Bertz CT molecular complexity index is 697. The Balaban J connectivity index is 2.29. The molecule has 0 radical (unpaired) electrons. The van der Waals surface area contributed by atoms with Gasteiger partial charge in [-0.2, -0.15) is 4.31 Å². The Labute approximate surface area is 138 Å². The van der Waals surface area contributed by atoms with Gasteiger partial charge in [-0.15, -0.1) is 11.8 Å². The maximum absolute atomic E-state index is 13.8. The molecule has 23 heavy (non-hydrogen) atoms. The maximum atomic E-state index is 13.8. The van der Waals surface area contributed by atoms with Crippen LogP contribution < -0.4 is 5.32 Å². The molecule has 1 aliphatic rings. The first-order valence-electron chi connectivity index (χ1n) is 7.12. The van der Waals surface area contributed by atoms with Crippen molar-refractivity contribution in [1.82, 2.24) is 9.62 Å². The van der Waals surface area contributed by atoms with E-state index in [-0.39, 0.29) is 11.9 Å². The molecule has 1 aliphatic heterocycles. The molecule has 1 saturated heterocycles. The van der Waals surface area contributed by atoms with Crippen LogP contribution in [0.5, 0.6) is 0 Å². The minimum atomic E-state index is -4.21. The highest BCUT2D eigenvalue weighted by Gasteiger charge is 2.41. The highest BCUT2D eigenvalue weighted by molar-refractivity contribution is 8.00. The molecule has 0 saturated carbocycles. The molecule has 0 aromatic heterocycles. The van der Waals surface area contributed by atoms with Crippen LogP contribution in [0.25, 0.3) is 0 Å². The fourth-order valence-corrected chi connectivity index (χ4v) is 5.32. The lowest BCUT2D eigenvalue weighted by atomic mass is 10.2. The number of halogens is 2. The van der Waals surface area contributed by atoms with E-state index in [9.17, 15) is 22.0 Å². The van der Waals surface area contributed by atoms with Crippen molar-refractivity contribution < 1.29 is 22.0 Å². The summed E-state index contributed by atoms with van der Waals surface area (Å²) >= 11 is 1.27. The zero-order valence-electron chi connectivity index (χ0n) is 12.8. The van der Waals surface area contributed by atoms with Crippen LogP contribution in [-0.2, 0) is 14.8 Å². The molecular weight excluding hydrogens is 346 g/mol. The fourth-order valence-electron chi connectivity index (χ4n) is 2.12. The minimum absolute atomic E-state index is 0.0533. The fraction of sp³-hybridized carbons (Fsp3) is 0.500. The van der Waals surface area contributed by atoms with Crippen LogP contribution in [0.15, 0.2) is 23.1 Å². The molecule has 1 fully saturated rings. The van der Waals surface area contributed by atoms with E-state index < -0.39 is 38.5 Å². The molecule has 1 N–H and O–H groups in total. The number of sulfonamides is 1. The second-order valence-corrected chi connectivity index (χ2v) is 8.16. The Kier molecular flexibility index (Phi) is 5.64. The van der Waals surface area contributed by atoms with Gasteiger partial charge < -0.3 is 5.32 Å². The summed E-state index contributed by atoms with van der Waals surface area (Å²) in [5, 5.41) is 2.74. The number of nitrogens with zero attached hydrogens (tertiary/aromatic N) is 1. The van der Waals surface area contributed by atoms with Crippen LogP contribution in [0.3, 0.4) is 0 Å². The maximum Gasteiger partial charge on any atom is 0.247 e. The summed E-state index contributed by atoms with van der Waals surface area (Å²) in [5.74, 6) is -2.08. The van der Waals surface area contributed by atoms with E-state index in [1.54, 1.807) is 0 Å². The van der Waals surface area contributed by atoms with E-state index in [0.717, 1.165) is 16.4 Å². The summed E-state index contributed by atoms with van der Waals surface area (Å²) in [6.07, 6.45) is 0.713. The standard InChI is InChI=1S/C14H18F2N2O3S2/c1-3-9(2)17-14(19)12-7-22-8-18(12)23(20,21)13-5-4-10(15)6-11(13)16/h4-6,9,12H,3,7-8H2,1-2H3,(H,17,19)/t9-,12+/m0/s1. The second kappa shape index (κ2) is 7.14. The van der Waals surface area contributed by atoms with Crippen LogP contribution >= 0.6 is 11.8 Å². The molecule has 1 aromatic rings. The van der Waals surface area contributed by atoms with Crippen molar-refractivity contribution in [3.8, 4) is 0 Å². The van der Waals surface area contributed by atoms with Crippen molar-refractivity contribution in [3.05, 3.63) is 29.8 Å². The Hall–Kier alpha value is -1.19. The smallest absolute Gasteiger partial charge is 0.247 e. The van der Waals surface area contributed by atoms with E-state index in [1.165, 1.54) is 11.8 Å². The van der Waals surface area contributed by atoms with Crippen LogP contribution in [-0.4, -0.2) is 42.3 Å². The predicted octanol–water partition coefficient (Wildman–Crippen LogP) is 1.94. The van der Waals surface area contributed by atoms with Gasteiger partial charge in [0.1, 0.15) is 22.6 Å². The van der Waals surface area contributed by atoms with Gasteiger partial charge in [-0.3, -0.25) is 4.79 Å². The minimum Gasteiger partial charge on any atom is -0.352 e. The number of carbonyl (C=O) groups is 1. The van der Waals surface area contributed by atoms with Gasteiger partial charge >= 0.3 is 0 Å². The van der Waals surface area contributed by atoms with E-state index in [1.807, 2.05) is 13.8 Å². The van der Waals surface area contributed by atoms with Gasteiger partial charge in [-0.1, -0.05) is 6.92 Å². The van der Waals surface area contributed by atoms with Crippen LogP contribution in [0.2, 0.25) is 0 Å². The van der Waals surface area contributed by atoms with Crippen molar-refractivity contribution in [2.75, 3.05) is 11.6 Å². The van der Waals surface area contributed by atoms with Gasteiger partial charge in [0.25, 0.3) is 0 Å². The van der Waals surface area contributed by atoms with Crippen LogP contribution in [0.4, 0.5) is 8.78 Å². The molecule has 2 rings (SSSR count). The third-order valence-electron chi connectivity index (χ3n) is 3.63. The first kappa shape index (κ1) is 18.2. The lowest BCUT2D eigenvalue weighted by Crippen LogP contribution is -2.49. The average Bonchev–Trinajstić information content (AvgIpc) is 2.96. The molecular formula is C14H18F2N2O3S2. The first-order valence-corrected chi connectivity index (χ1v) is 9.71. The Morgan fingerprint density at radius 2 is 2.17 bits per heavy atom. The summed E-state index contributed by atoms with van der Waals surface area (Å²) in [4.78, 5) is 11.6. The molecule has 0 bridgehead atoms. The van der Waals surface area contributed by atoms with Gasteiger partial charge in [0.15, 0.2) is 0 Å². The van der Waals surface area contributed by atoms with Crippen molar-refractivity contribution in [2.24, 2.45) is 0 Å². The zero-order chi connectivity index (χ0) is 17.2. The summed E-state index contributed by atoms with van der Waals surface area (Å²) < 4.78 is 53.0. The van der Waals surface area contributed by atoms with Gasteiger partial charge in [0.05, 0.1) is 5.88 Å².